The summed E-state index contributed by atoms with van der Waals surface area (Å²) >= 11 is 0. The molecule has 0 radical (unpaired) electrons. The van der Waals surface area contributed by atoms with Crippen molar-refractivity contribution in [3.05, 3.63) is 41.7 Å². The van der Waals surface area contributed by atoms with Crippen LogP contribution in [-0.2, 0) is 10.9 Å². The van der Waals surface area contributed by atoms with E-state index in [4.69, 9.17) is 10.00 Å². The molecule has 0 unspecified atom stereocenters. The molecule has 2 fully saturated rings. The van der Waals surface area contributed by atoms with Gasteiger partial charge in [-0.3, -0.25) is 4.79 Å². The number of carbonyl (C=O) groups excluding carboxylic acids is 2. The van der Waals surface area contributed by atoms with Crippen LogP contribution >= 0.6 is 0 Å². The van der Waals surface area contributed by atoms with E-state index in [1.807, 2.05) is 0 Å². The van der Waals surface area contributed by atoms with Crippen LogP contribution < -0.4 is 5.32 Å². The number of piperidine rings is 1. The van der Waals surface area contributed by atoms with Crippen LogP contribution in [0.25, 0.3) is 22.2 Å². The van der Waals surface area contributed by atoms with Crippen molar-refractivity contribution >= 4 is 28.9 Å². The topological polar surface area (TPSA) is 127 Å². The number of rotatable bonds is 4. The molecule has 4 heterocycles. The van der Waals surface area contributed by atoms with Crippen LogP contribution in [0.1, 0.15) is 56.0 Å². The summed E-state index contributed by atoms with van der Waals surface area (Å²) in [6, 6.07) is 6.67. The number of nitriles is 1. The maximum absolute atomic E-state index is 14.1. The standard InChI is InChI=1S/C29H32F3N7O3/c1-28(2,3)42-27(41)39-9-4-5-19(16-39)36-26-35-14-22(29(30,31)32)24(37-26)21-13-34-23-11-18(6-7-20(21)23)25(40)38-10-8-17(12-33)15-38/h6-7,11,13-14,17,19,34H,4-5,8-10,15-16H2,1-3H3,(H,35,36,37)/t17-,19-/m0/s1. The van der Waals surface area contributed by atoms with E-state index in [1.54, 1.807) is 48.8 Å². The zero-order valence-corrected chi connectivity index (χ0v) is 23.6. The van der Waals surface area contributed by atoms with Gasteiger partial charge in [-0.05, 0) is 52.2 Å². The minimum absolute atomic E-state index is 0.0104. The van der Waals surface area contributed by atoms with Crippen LogP contribution in [0.2, 0.25) is 0 Å². The first-order valence-corrected chi connectivity index (χ1v) is 13.8. The molecule has 0 spiro atoms. The van der Waals surface area contributed by atoms with E-state index in [9.17, 15) is 22.8 Å². The Morgan fingerprint density at radius 3 is 2.62 bits per heavy atom. The Hall–Kier alpha value is -4.34. The van der Waals surface area contributed by atoms with Gasteiger partial charge in [0.2, 0.25) is 5.95 Å². The highest BCUT2D eigenvalue weighted by Crippen LogP contribution is 2.39. The first-order valence-electron chi connectivity index (χ1n) is 13.8. The third kappa shape index (κ3) is 6.27. The van der Waals surface area contributed by atoms with Gasteiger partial charge < -0.3 is 24.8 Å². The molecular formula is C29H32F3N7O3. The van der Waals surface area contributed by atoms with E-state index in [-0.39, 0.29) is 35.1 Å². The highest BCUT2D eigenvalue weighted by molar-refractivity contribution is 6.02. The molecule has 2 amide bonds. The number of nitrogens with zero attached hydrogens (tertiary/aromatic N) is 5. The summed E-state index contributed by atoms with van der Waals surface area (Å²) in [5, 5.41) is 12.7. The van der Waals surface area contributed by atoms with Gasteiger partial charge >= 0.3 is 12.3 Å². The summed E-state index contributed by atoms with van der Waals surface area (Å²) in [4.78, 5) is 39.9. The molecule has 5 rings (SSSR count). The van der Waals surface area contributed by atoms with Crippen LogP contribution in [0.5, 0.6) is 0 Å². The normalized spacial score (nSPS) is 19.5. The Balaban J connectivity index is 1.40. The molecule has 2 atom stereocenters. The number of amides is 2. The minimum Gasteiger partial charge on any atom is -0.444 e. The van der Waals surface area contributed by atoms with Gasteiger partial charge in [0.05, 0.1) is 17.7 Å². The summed E-state index contributed by atoms with van der Waals surface area (Å²) in [5.41, 5.74) is -0.873. The summed E-state index contributed by atoms with van der Waals surface area (Å²) in [6.07, 6.45) is -0.992. The monoisotopic (exact) mass is 583 g/mol. The third-order valence-corrected chi connectivity index (χ3v) is 7.34. The molecule has 0 bridgehead atoms. The van der Waals surface area contributed by atoms with Crippen LogP contribution in [0.15, 0.2) is 30.6 Å². The van der Waals surface area contributed by atoms with Crippen molar-refractivity contribution in [1.82, 2.24) is 24.8 Å². The fraction of sp³-hybridized carbons (Fsp3) is 0.483. The maximum atomic E-state index is 14.1. The fourth-order valence-corrected chi connectivity index (χ4v) is 5.32. The van der Waals surface area contributed by atoms with Crippen LogP contribution in [0, 0.1) is 17.2 Å². The number of carbonyl (C=O) groups is 2. The predicted molar refractivity (Wildman–Crippen MR) is 148 cm³/mol. The molecule has 2 N–H and O–H groups in total. The van der Waals surface area contributed by atoms with Gasteiger partial charge in [0.25, 0.3) is 5.91 Å². The quantitative estimate of drug-likeness (QED) is 0.419. The van der Waals surface area contributed by atoms with Gasteiger partial charge in [0.1, 0.15) is 11.2 Å². The van der Waals surface area contributed by atoms with E-state index in [1.165, 1.54) is 6.20 Å². The Bertz CT molecular complexity index is 1540. The Labute approximate surface area is 240 Å². The molecule has 42 heavy (non-hydrogen) atoms. The van der Waals surface area contributed by atoms with Gasteiger partial charge in [-0.15, -0.1) is 0 Å². The first kappa shape index (κ1) is 29.2. The van der Waals surface area contributed by atoms with E-state index < -0.39 is 23.4 Å². The Kier molecular flexibility index (Phi) is 7.74. The van der Waals surface area contributed by atoms with Crippen molar-refractivity contribution in [3.63, 3.8) is 0 Å². The number of ether oxygens (including phenoxy) is 1. The molecule has 2 aromatic heterocycles. The smallest absolute Gasteiger partial charge is 0.419 e. The highest BCUT2D eigenvalue weighted by Gasteiger charge is 2.37. The van der Waals surface area contributed by atoms with Gasteiger partial charge in [0.15, 0.2) is 0 Å². The number of hydrogen-bond donors (Lipinski definition) is 2. The number of aromatic amines is 1. The number of halogens is 3. The number of benzene rings is 1. The average molecular weight is 584 g/mol. The molecule has 2 aliphatic rings. The lowest BCUT2D eigenvalue weighted by molar-refractivity contribution is -0.137. The molecule has 10 nitrogen and oxygen atoms in total. The van der Waals surface area contributed by atoms with Crippen molar-refractivity contribution in [2.24, 2.45) is 5.92 Å². The summed E-state index contributed by atoms with van der Waals surface area (Å²) in [7, 11) is 0. The molecule has 2 saturated heterocycles. The molecule has 3 aromatic rings. The van der Waals surface area contributed by atoms with Gasteiger partial charge in [-0.1, -0.05) is 6.07 Å². The summed E-state index contributed by atoms with van der Waals surface area (Å²) < 4.78 is 47.7. The second kappa shape index (κ2) is 11.2. The van der Waals surface area contributed by atoms with Crippen LogP contribution in [0.3, 0.4) is 0 Å². The summed E-state index contributed by atoms with van der Waals surface area (Å²) in [5.74, 6) is -0.426. The van der Waals surface area contributed by atoms with E-state index in [0.717, 1.165) is 6.20 Å². The molecule has 1 aromatic carbocycles. The first-order chi connectivity index (χ1) is 19.8. The zero-order valence-electron chi connectivity index (χ0n) is 23.6. The fourth-order valence-electron chi connectivity index (χ4n) is 5.32. The van der Waals surface area contributed by atoms with E-state index in [0.29, 0.717) is 61.9 Å². The van der Waals surface area contributed by atoms with Crippen molar-refractivity contribution in [3.8, 4) is 17.3 Å². The highest BCUT2D eigenvalue weighted by atomic mass is 19.4. The van der Waals surface area contributed by atoms with Crippen LogP contribution in [0.4, 0.5) is 23.9 Å². The van der Waals surface area contributed by atoms with Gasteiger partial charge in [-0.2, -0.15) is 18.4 Å². The molecule has 0 saturated carbocycles. The van der Waals surface area contributed by atoms with Gasteiger partial charge in [-0.25, -0.2) is 14.8 Å². The largest absolute Gasteiger partial charge is 0.444 e. The lowest BCUT2D eigenvalue weighted by Crippen LogP contribution is -2.47. The van der Waals surface area contributed by atoms with Crippen molar-refractivity contribution < 1.29 is 27.5 Å². The molecule has 0 aliphatic carbocycles. The molecule has 222 valence electrons. The van der Waals surface area contributed by atoms with E-state index >= 15 is 0 Å². The number of hydrogen-bond acceptors (Lipinski definition) is 7. The summed E-state index contributed by atoms with van der Waals surface area (Å²) in [6.45, 7) is 6.99. The van der Waals surface area contributed by atoms with Gasteiger partial charge in [0, 0.05) is 66.6 Å². The van der Waals surface area contributed by atoms with Crippen molar-refractivity contribution in [2.75, 3.05) is 31.5 Å². The number of nitrogens with one attached hydrogen (secondary N) is 2. The predicted octanol–water partition coefficient (Wildman–Crippen LogP) is 5.44. The number of aromatic nitrogens is 3. The number of alkyl halides is 3. The lowest BCUT2D eigenvalue weighted by Gasteiger charge is -2.34. The lowest BCUT2D eigenvalue weighted by atomic mass is 10.0. The SMILES string of the molecule is CC(C)(C)OC(=O)N1CCC[C@H](Nc2ncc(C(F)(F)F)c(-c3c[nH]c4cc(C(=O)N5CC[C@@H](C#N)C5)ccc34)n2)C1. The number of anilines is 1. The zero-order chi connectivity index (χ0) is 30.2. The van der Waals surface area contributed by atoms with Crippen LogP contribution in [-0.4, -0.2) is 74.6 Å². The number of H-pyrrole nitrogens is 1. The maximum Gasteiger partial charge on any atom is 0.419 e. The second-order valence-electron chi connectivity index (χ2n) is 11.7. The Morgan fingerprint density at radius 1 is 1.14 bits per heavy atom. The number of fused-ring (bicyclic) bond motifs is 1. The second-order valence-corrected chi connectivity index (χ2v) is 11.7. The van der Waals surface area contributed by atoms with E-state index in [2.05, 4.69) is 26.3 Å². The molecular weight excluding hydrogens is 551 g/mol. The third-order valence-electron chi connectivity index (χ3n) is 7.34. The molecule has 13 heteroatoms. The molecule has 2 aliphatic heterocycles. The Morgan fingerprint density at radius 2 is 1.93 bits per heavy atom. The van der Waals surface area contributed by atoms with Crippen molar-refractivity contribution in [1.29, 1.82) is 5.26 Å². The number of likely N-dealkylation sites (tertiary alicyclic amines) is 2. The van der Waals surface area contributed by atoms with Crippen molar-refractivity contribution in [2.45, 2.75) is 57.9 Å². The average Bonchev–Trinajstić information content (AvgIpc) is 3.58. The minimum atomic E-state index is -4.71.